The van der Waals surface area contributed by atoms with E-state index in [1.165, 1.54) is 21.7 Å². The largest absolute Gasteiger partial charge is 1.00 e. The molecule has 0 saturated carbocycles. The molecule has 0 spiro atoms. The van der Waals surface area contributed by atoms with E-state index in [2.05, 4.69) is 75.6 Å². The number of aromatic nitrogens is 2. The summed E-state index contributed by atoms with van der Waals surface area (Å²) < 4.78 is 5.65. The van der Waals surface area contributed by atoms with Crippen molar-refractivity contribution >= 4 is 38.3 Å². The number of imidazole rings is 1. The Hall–Kier alpha value is -0.400. The Bertz CT molecular complexity index is 663. The van der Waals surface area contributed by atoms with Crippen LogP contribution in [0.5, 0.6) is 0 Å². The lowest BCUT2D eigenvalue weighted by atomic mass is 10.3. The monoisotopic (exact) mass is 434 g/mol. The summed E-state index contributed by atoms with van der Waals surface area (Å²) in [6.45, 7) is 0. The molecule has 3 aromatic rings. The summed E-state index contributed by atoms with van der Waals surface area (Å²) in [6, 6.07) is 12.7. The normalized spacial score (nSPS) is 10.6. The van der Waals surface area contributed by atoms with Gasteiger partial charge in [-0.25, -0.2) is 9.13 Å². The van der Waals surface area contributed by atoms with E-state index < -0.39 is 0 Å². The van der Waals surface area contributed by atoms with Gasteiger partial charge in [-0.05, 0) is 40.2 Å². The average Bonchev–Trinajstić information content (AvgIpc) is 2.84. The molecule has 0 saturated heterocycles. The van der Waals surface area contributed by atoms with Gasteiger partial charge in [0.1, 0.15) is 4.88 Å². The molecule has 2 heterocycles. The van der Waals surface area contributed by atoms with Crippen LogP contribution >= 0.6 is 27.3 Å². The molecule has 0 aliphatic rings. The van der Waals surface area contributed by atoms with Gasteiger partial charge in [0.15, 0.2) is 11.0 Å². The van der Waals surface area contributed by atoms with E-state index in [4.69, 9.17) is 0 Å². The van der Waals surface area contributed by atoms with Crippen molar-refractivity contribution in [3.63, 3.8) is 0 Å². The molecule has 0 N–H and O–H groups in total. The van der Waals surface area contributed by atoms with Crippen molar-refractivity contribution in [1.29, 1.82) is 0 Å². The summed E-state index contributed by atoms with van der Waals surface area (Å²) in [5, 5.41) is 0. The molecule has 0 fully saturated rings. The molecule has 0 unspecified atom stereocenters. The average molecular weight is 435 g/mol. The van der Waals surface area contributed by atoms with E-state index in [0.29, 0.717) is 0 Å². The fourth-order valence-corrected chi connectivity index (χ4v) is 3.75. The highest BCUT2D eigenvalue weighted by Crippen LogP contribution is 2.31. The molecule has 0 aliphatic carbocycles. The Morgan fingerprint density at radius 2 is 1.89 bits per heavy atom. The zero-order valence-corrected chi connectivity index (χ0v) is 14.6. The maximum Gasteiger partial charge on any atom is 0.299 e. The highest BCUT2D eigenvalue weighted by molar-refractivity contribution is 9.11. The van der Waals surface area contributed by atoms with E-state index in [1.54, 1.807) is 11.3 Å². The van der Waals surface area contributed by atoms with Gasteiger partial charge in [-0.3, -0.25) is 0 Å². The highest BCUT2D eigenvalue weighted by atomic mass is 127. The highest BCUT2D eigenvalue weighted by Gasteiger charge is 2.22. The number of rotatable bonds is 1. The molecule has 2 nitrogen and oxygen atoms in total. The Labute approximate surface area is 135 Å². The van der Waals surface area contributed by atoms with E-state index in [9.17, 15) is 0 Å². The van der Waals surface area contributed by atoms with Crippen molar-refractivity contribution in [3.05, 3.63) is 40.2 Å². The molecule has 5 heteroatoms. The third-order valence-electron chi connectivity index (χ3n) is 3.03. The number of aryl methyl sites for hydroxylation is 2. The van der Waals surface area contributed by atoms with Crippen molar-refractivity contribution < 1.29 is 28.5 Å². The summed E-state index contributed by atoms with van der Waals surface area (Å²) in [7, 11) is 4.23. The van der Waals surface area contributed by atoms with Crippen LogP contribution in [0.1, 0.15) is 0 Å². The van der Waals surface area contributed by atoms with Gasteiger partial charge < -0.3 is 24.0 Å². The molecule has 94 valence electrons. The molecule has 18 heavy (non-hydrogen) atoms. The van der Waals surface area contributed by atoms with Crippen molar-refractivity contribution in [2.75, 3.05) is 0 Å². The second kappa shape index (κ2) is 5.30. The van der Waals surface area contributed by atoms with Crippen LogP contribution in [-0.4, -0.2) is 4.57 Å². The van der Waals surface area contributed by atoms with Crippen LogP contribution in [-0.2, 0) is 14.1 Å². The SMILES string of the molecule is Cn1c(-c2ccc(Br)s2)[n+](C)c2ccccc21.[I-]. The number of halogens is 2. The van der Waals surface area contributed by atoms with Gasteiger partial charge in [-0.2, -0.15) is 0 Å². The summed E-state index contributed by atoms with van der Waals surface area (Å²) in [4.78, 5) is 1.28. The van der Waals surface area contributed by atoms with Crippen LogP contribution in [0.4, 0.5) is 0 Å². The summed E-state index contributed by atoms with van der Waals surface area (Å²) >= 11 is 5.28. The second-order valence-corrected chi connectivity index (χ2v) is 6.50. The van der Waals surface area contributed by atoms with Crippen LogP contribution in [0.25, 0.3) is 21.7 Å². The smallest absolute Gasteiger partial charge is 0.299 e. The lowest BCUT2D eigenvalue weighted by molar-refractivity contribution is -0.633. The molecular weight excluding hydrogens is 423 g/mol. The Morgan fingerprint density at radius 1 is 1.17 bits per heavy atom. The summed E-state index contributed by atoms with van der Waals surface area (Å²) in [5.41, 5.74) is 2.52. The van der Waals surface area contributed by atoms with E-state index in [0.717, 1.165) is 3.79 Å². The Morgan fingerprint density at radius 3 is 2.50 bits per heavy atom. The first-order chi connectivity index (χ1) is 8.18. The topological polar surface area (TPSA) is 8.81 Å². The van der Waals surface area contributed by atoms with Crippen LogP contribution in [0.15, 0.2) is 40.2 Å². The van der Waals surface area contributed by atoms with Gasteiger partial charge in [0.25, 0.3) is 5.82 Å². The van der Waals surface area contributed by atoms with E-state index >= 15 is 0 Å². The molecule has 0 atom stereocenters. The number of fused-ring (bicyclic) bond motifs is 1. The van der Waals surface area contributed by atoms with Gasteiger partial charge in [0.2, 0.25) is 0 Å². The quantitative estimate of drug-likeness (QED) is 0.389. The zero-order chi connectivity index (χ0) is 12.0. The van der Waals surface area contributed by atoms with Gasteiger partial charge in [-0.15, -0.1) is 11.3 Å². The summed E-state index contributed by atoms with van der Waals surface area (Å²) in [6.07, 6.45) is 0. The fourth-order valence-electron chi connectivity index (χ4n) is 2.25. The summed E-state index contributed by atoms with van der Waals surface area (Å²) in [5.74, 6) is 1.24. The molecular formula is C13H12BrIN2S. The van der Waals surface area contributed by atoms with Crippen molar-refractivity contribution in [2.45, 2.75) is 0 Å². The maximum atomic E-state index is 3.52. The van der Waals surface area contributed by atoms with E-state index in [-0.39, 0.29) is 24.0 Å². The van der Waals surface area contributed by atoms with Crippen LogP contribution < -0.4 is 28.5 Å². The first-order valence-corrected chi connectivity index (χ1v) is 6.98. The minimum atomic E-state index is 0. The van der Waals surface area contributed by atoms with E-state index in [1.807, 2.05) is 0 Å². The van der Waals surface area contributed by atoms with Crippen molar-refractivity contribution in [1.82, 2.24) is 4.57 Å². The van der Waals surface area contributed by atoms with Crippen molar-refractivity contribution in [2.24, 2.45) is 14.1 Å². The molecule has 0 bridgehead atoms. The predicted octanol–water partition coefficient (Wildman–Crippen LogP) is 0.498. The lowest BCUT2D eigenvalue weighted by Gasteiger charge is -1.93. The predicted molar refractivity (Wildman–Crippen MR) is 75.1 cm³/mol. The fraction of sp³-hybridized carbons (Fsp3) is 0.154. The Balaban J connectivity index is 0.00000120. The minimum Gasteiger partial charge on any atom is -1.00 e. The number of hydrogen-bond acceptors (Lipinski definition) is 1. The van der Waals surface area contributed by atoms with Gasteiger partial charge in [-0.1, -0.05) is 12.1 Å². The Kier molecular flexibility index (Phi) is 4.13. The van der Waals surface area contributed by atoms with Gasteiger partial charge >= 0.3 is 0 Å². The third-order valence-corrected chi connectivity index (χ3v) is 4.65. The number of thiophene rings is 1. The van der Waals surface area contributed by atoms with Crippen LogP contribution in [0.3, 0.4) is 0 Å². The molecule has 0 radical (unpaired) electrons. The van der Waals surface area contributed by atoms with Gasteiger partial charge in [0.05, 0.1) is 17.9 Å². The minimum absolute atomic E-state index is 0. The maximum absolute atomic E-state index is 3.52. The molecule has 0 aliphatic heterocycles. The van der Waals surface area contributed by atoms with Crippen LogP contribution in [0.2, 0.25) is 0 Å². The first-order valence-electron chi connectivity index (χ1n) is 5.37. The second-order valence-electron chi connectivity index (χ2n) is 4.03. The standard InChI is InChI=1S/C13H12BrN2S.HI/c1-15-9-5-3-4-6-10(9)16(2)13(15)11-7-8-12(14)17-11;/h3-8H,1-2H3;1H/q+1;/p-1. The molecule has 0 amide bonds. The zero-order valence-electron chi connectivity index (χ0n) is 10.0. The van der Waals surface area contributed by atoms with Gasteiger partial charge in [0, 0.05) is 0 Å². The first kappa shape index (κ1) is 14.0. The molecule has 1 aromatic carbocycles. The number of para-hydroxylation sites is 2. The number of benzene rings is 1. The number of nitrogens with zero attached hydrogens (tertiary/aromatic N) is 2. The van der Waals surface area contributed by atoms with Crippen molar-refractivity contribution in [3.8, 4) is 10.7 Å². The molecule has 2 aromatic heterocycles. The third kappa shape index (κ3) is 2.12. The number of hydrogen-bond donors (Lipinski definition) is 0. The lowest BCUT2D eigenvalue weighted by Crippen LogP contribution is -3.00. The van der Waals surface area contributed by atoms with Crippen LogP contribution in [0, 0.1) is 0 Å². The molecule has 3 rings (SSSR count).